The molecule has 2 aromatic heterocycles. The summed E-state index contributed by atoms with van der Waals surface area (Å²) < 4.78 is 0. The van der Waals surface area contributed by atoms with Crippen molar-refractivity contribution in [3.63, 3.8) is 0 Å². The van der Waals surface area contributed by atoms with Crippen molar-refractivity contribution in [2.45, 2.75) is 6.92 Å². The first-order valence-electron chi connectivity index (χ1n) is 6.69. The number of carbonyl (C=O) groups is 1. The number of aromatic nitrogens is 2. The fourth-order valence-electron chi connectivity index (χ4n) is 2.04. The molecule has 1 aromatic carbocycles. The molecule has 0 saturated carbocycles. The Morgan fingerprint density at radius 3 is 2.61 bits per heavy atom. The molecule has 7 heteroatoms. The van der Waals surface area contributed by atoms with E-state index in [9.17, 15) is 4.79 Å². The average molecular weight is 364 g/mol. The number of hydrogen-bond donors (Lipinski definition) is 1. The molecule has 0 radical (unpaired) electrons. The molecule has 0 spiro atoms. The first-order valence-corrected chi connectivity index (χ1v) is 8.26. The van der Waals surface area contributed by atoms with E-state index in [-0.39, 0.29) is 11.1 Å². The maximum Gasteiger partial charge on any atom is 0.257 e. The second kappa shape index (κ2) is 6.66. The third-order valence-electron chi connectivity index (χ3n) is 3.12. The quantitative estimate of drug-likeness (QED) is 0.660. The zero-order valence-corrected chi connectivity index (χ0v) is 14.3. The maximum atomic E-state index is 12.2. The molecular weight excluding hydrogens is 353 g/mol. The molecule has 1 amide bonds. The van der Waals surface area contributed by atoms with Gasteiger partial charge in [0.25, 0.3) is 5.91 Å². The van der Waals surface area contributed by atoms with Crippen LogP contribution in [-0.2, 0) is 0 Å². The number of benzene rings is 1. The van der Waals surface area contributed by atoms with E-state index in [2.05, 4.69) is 15.3 Å². The highest BCUT2D eigenvalue weighted by Crippen LogP contribution is 2.31. The normalized spacial score (nSPS) is 10.6. The second-order valence-corrected chi connectivity index (χ2v) is 6.78. The molecule has 0 saturated heterocycles. The lowest BCUT2D eigenvalue weighted by molar-refractivity contribution is 0.102. The Kier molecular flexibility index (Phi) is 4.61. The van der Waals surface area contributed by atoms with Crippen molar-refractivity contribution >= 4 is 45.6 Å². The van der Waals surface area contributed by atoms with Crippen LogP contribution in [0.4, 0.5) is 5.13 Å². The number of thiazole rings is 1. The number of halogens is 2. The molecule has 116 valence electrons. The minimum absolute atomic E-state index is 0.272. The van der Waals surface area contributed by atoms with Crippen LogP contribution in [0, 0.1) is 6.92 Å². The number of aryl methyl sites for hydroxylation is 1. The smallest absolute Gasteiger partial charge is 0.257 e. The maximum absolute atomic E-state index is 12.2. The molecule has 1 N–H and O–H groups in total. The summed E-state index contributed by atoms with van der Waals surface area (Å²) in [5, 5.41) is 4.26. The molecule has 0 fully saturated rings. The molecule has 3 rings (SSSR count). The largest absolute Gasteiger partial charge is 0.298 e. The van der Waals surface area contributed by atoms with E-state index in [1.165, 1.54) is 23.6 Å². The van der Waals surface area contributed by atoms with Crippen molar-refractivity contribution in [2.24, 2.45) is 0 Å². The lowest BCUT2D eigenvalue weighted by Gasteiger charge is -2.01. The number of rotatable bonds is 3. The Balaban J connectivity index is 1.83. The van der Waals surface area contributed by atoms with E-state index in [1.807, 2.05) is 31.2 Å². The molecule has 4 nitrogen and oxygen atoms in total. The van der Waals surface area contributed by atoms with E-state index in [1.54, 1.807) is 6.07 Å². The summed E-state index contributed by atoms with van der Waals surface area (Å²) in [6.07, 6.45) is 1.49. The van der Waals surface area contributed by atoms with Gasteiger partial charge in [-0.25, -0.2) is 9.97 Å². The molecule has 2 heterocycles. The van der Waals surface area contributed by atoms with Crippen LogP contribution in [0.2, 0.25) is 10.2 Å². The van der Waals surface area contributed by atoms with E-state index < -0.39 is 0 Å². The Morgan fingerprint density at radius 2 is 1.91 bits per heavy atom. The summed E-state index contributed by atoms with van der Waals surface area (Å²) in [4.78, 5) is 21.6. The molecular formula is C16H11Cl2N3OS. The Hall–Kier alpha value is -1.95. The van der Waals surface area contributed by atoms with Crippen molar-refractivity contribution < 1.29 is 4.79 Å². The number of carbonyl (C=O) groups excluding carboxylic acids is 1. The van der Waals surface area contributed by atoms with Gasteiger partial charge in [0.1, 0.15) is 5.15 Å². The molecule has 0 aliphatic carbocycles. The van der Waals surface area contributed by atoms with Crippen LogP contribution in [-0.4, -0.2) is 15.9 Å². The minimum Gasteiger partial charge on any atom is -0.298 e. The van der Waals surface area contributed by atoms with E-state index in [4.69, 9.17) is 23.2 Å². The summed E-state index contributed by atoms with van der Waals surface area (Å²) in [5.41, 5.74) is 2.22. The van der Waals surface area contributed by atoms with Crippen LogP contribution in [0.25, 0.3) is 11.3 Å². The lowest BCUT2D eigenvalue weighted by atomic mass is 10.1. The highest BCUT2D eigenvalue weighted by molar-refractivity contribution is 7.16. The van der Waals surface area contributed by atoms with Crippen LogP contribution in [0.5, 0.6) is 0 Å². The summed E-state index contributed by atoms with van der Waals surface area (Å²) in [6, 6.07) is 10.5. The zero-order chi connectivity index (χ0) is 16.4. The molecule has 0 atom stereocenters. The van der Waals surface area contributed by atoms with Crippen LogP contribution in [0.15, 0.2) is 42.6 Å². The van der Waals surface area contributed by atoms with Crippen LogP contribution >= 0.6 is 34.5 Å². The molecule has 0 aliphatic rings. The third-order valence-corrected chi connectivity index (χ3v) is 4.47. The van der Waals surface area contributed by atoms with Crippen molar-refractivity contribution in [1.82, 2.24) is 9.97 Å². The Bertz CT molecular complexity index is 862. The van der Waals surface area contributed by atoms with E-state index >= 15 is 0 Å². The van der Waals surface area contributed by atoms with Gasteiger partial charge in [-0.2, -0.15) is 0 Å². The number of hydrogen-bond acceptors (Lipinski definition) is 4. The molecule has 0 aliphatic heterocycles. The van der Waals surface area contributed by atoms with Crippen molar-refractivity contribution in [1.29, 1.82) is 0 Å². The van der Waals surface area contributed by atoms with Gasteiger partial charge >= 0.3 is 0 Å². The SMILES string of the molecule is Cc1sc(NC(=O)c2ccnc(Cl)c2)nc1-c1ccc(Cl)cc1. The van der Waals surface area contributed by atoms with Gasteiger partial charge in [0.2, 0.25) is 0 Å². The number of amides is 1. The number of nitrogens with zero attached hydrogens (tertiary/aromatic N) is 2. The predicted molar refractivity (Wildman–Crippen MR) is 94.5 cm³/mol. The van der Waals surface area contributed by atoms with Gasteiger partial charge in [0, 0.05) is 27.2 Å². The topological polar surface area (TPSA) is 54.9 Å². The van der Waals surface area contributed by atoms with Crippen molar-refractivity contribution in [3.8, 4) is 11.3 Å². The summed E-state index contributed by atoms with van der Waals surface area (Å²) in [5.74, 6) is -0.272. The number of pyridine rings is 1. The van der Waals surface area contributed by atoms with Crippen LogP contribution < -0.4 is 5.32 Å². The first-order chi connectivity index (χ1) is 11.0. The molecule has 3 aromatic rings. The molecule has 0 bridgehead atoms. The zero-order valence-electron chi connectivity index (χ0n) is 12.0. The van der Waals surface area contributed by atoms with Gasteiger partial charge < -0.3 is 0 Å². The highest BCUT2D eigenvalue weighted by atomic mass is 35.5. The van der Waals surface area contributed by atoms with Gasteiger partial charge in [-0.3, -0.25) is 10.1 Å². The summed E-state index contributed by atoms with van der Waals surface area (Å²) in [7, 11) is 0. The van der Waals surface area contributed by atoms with Crippen LogP contribution in [0.1, 0.15) is 15.2 Å². The van der Waals surface area contributed by atoms with Crippen molar-refractivity contribution in [3.05, 3.63) is 63.2 Å². The van der Waals surface area contributed by atoms with E-state index in [0.29, 0.717) is 15.7 Å². The van der Waals surface area contributed by atoms with E-state index in [0.717, 1.165) is 16.1 Å². The fourth-order valence-corrected chi connectivity index (χ4v) is 3.17. The summed E-state index contributed by atoms with van der Waals surface area (Å²) >= 11 is 13.1. The molecule has 0 unspecified atom stereocenters. The van der Waals surface area contributed by atoms with Gasteiger partial charge in [-0.05, 0) is 31.2 Å². The molecule has 23 heavy (non-hydrogen) atoms. The van der Waals surface area contributed by atoms with Crippen LogP contribution in [0.3, 0.4) is 0 Å². The first kappa shape index (κ1) is 15.9. The second-order valence-electron chi connectivity index (χ2n) is 4.75. The summed E-state index contributed by atoms with van der Waals surface area (Å²) in [6.45, 7) is 1.96. The Labute approximate surface area is 147 Å². The predicted octanol–water partition coefficient (Wildman–Crippen LogP) is 5.07. The lowest BCUT2D eigenvalue weighted by Crippen LogP contribution is -2.11. The average Bonchev–Trinajstić information content (AvgIpc) is 2.88. The minimum atomic E-state index is -0.272. The third kappa shape index (κ3) is 3.69. The fraction of sp³-hybridized carbons (Fsp3) is 0.0625. The Morgan fingerprint density at radius 1 is 1.17 bits per heavy atom. The monoisotopic (exact) mass is 363 g/mol. The number of nitrogens with one attached hydrogen (secondary N) is 1. The van der Waals surface area contributed by atoms with Gasteiger partial charge in [-0.1, -0.05) is 35.3 Å². The number of anilines is 1. The standard InChI is InChI=1S/C16H11Cl2N3OS/c1-9-14(10-2-4-12(17)5-3-10)20-16(23-9)21-15(22)11-6-7-19-13(18)8-11/h2-8H,1H3,(H,20,21,22). The van der Waals surface area contributed by atoms with Gasteiger partial charge in [0.15, 0.2) is 5.13 Å². The van der Waals surface area contributed by atoms with Crippen molar-refractivity contribution in [2.75, 3.05) is 5.32 Å². The van der Waals surface area contributed by atoms with Gasteiger partial charge in [0.05, 0.1) is 5.69 Å². The highest BCUT2D eigenvalue weighted by Gasteiger charge is 2.13. The van der Waals surface area contributed by atoms with Gasteiger partial charge in [-0.15, -0.1) is 11.3 Å².